The summed E-state index contributed by atoms with van der Waals surface area (Å²) in [4.78, 5) is 0. The van der Waals surface area contributed by atoms with Crippen molar-refractivity contribution in [3.05, 3.63) is 35.4 Å². The minimum atomic E-state index is -3.37. The maximum atomic E-state index is 12.4. The Morgan fingerprint density at radius 1 is 1.35 bits per heavy atom. The van der Waals surface area contributed by atoms with Gasteiger partial charge in [-0.05, 0) is 24.5 Å². The lowest BCUT2D eigenvalue weighted by atomic mass is 10.1. The maximum absolute atomic E-state index is 12.4. The third-order valence-corrected chi connectivity index (χ3v) is 5.43. The number of piperidine rings is 1. The lowest BCUT2D eigenvalue weighted by Crippen LogP contribution is -2.41. The predicted molar refractivity (Wildman–Crippen MR) is 75.4 cm³/mol. The second kappa shape index (κ2) is 6.35. The Hall–Kier alpha value is -1.42. The van der Waals surface area contributed by atoms with E-state index in [2.05, 4.69) is 0 Å². The molecule has 1 aromatic carbocycles. The average molecular weight is 294 g/mol. The molecule has 5 nitrogen and oxygen atoms in total. The summed E-state index contributed by atoms with van der Waals surface area (Å²) in [7, 11) is -1.72. The SMILES string of the molecule is COC1CCN(S(=O)(=O)Cc2ccccc2C#N)CC1. The fourth-order valence-electron chi connectivity index (χ4n) is 2.39. The van der Waals surface area contributed by atoms with Crippen LogP contribution in [0.1, 0.15) is 24.0 Å². The molecule has 1 heterocycles. The van der Waals surface area contributed by atoms with Gasteiger partial charge in [-0.1, -0.05) is 18.2 Å². The summed E-state index contributed by atoms with van der Waals surface area (Å²) in [5, 5.41) is 9.02. The normalized spacial score (nSPS) is 17.8. The Morgan fingerprint density at radius 2 is 2.00 bits per heavy atom. The van der Waals surface area contributed by atoms with E-state index in [0.29, 0.717) is 24.2 Å². The van der Waals surface area contributed by atoms with Crippen LogP contribution in [0, 0.1) is 11.3 Å². The van der Waals surface area contributed by atoms with Gasteiger partial charge in [0.15, 0.2) is 0 Å². The van der Waals surface area contributed by atoms with E-state index < -0.39 is 10.0 Å². The molecule has 1 aromatic rings. The molecule has 108 valence electrons. The summed E-state index contributed by atoms with van der Waals surface area (Å²) < 4.78 is 31.5. The van der Waals surface area contributed by atoms with Crippen molar-refractivity contribution >= 4 is 10.0 Å². The minimum Gasteiger partial charge on any atom is -0.381 e. The minimum absolute atomic E-state index is 0.117. The van der Waals surface area contributed by atoms with E-state index in [1.807, 2.05) is 6.07 Å². The van der Waals surface area contributed by atoms with Crippen LogP contribution in [0.2, 0.25) is 0 Å². The summed E-state index contributed by atoms with van der Waals surface area (Å²) in [6, 6.07) is 8.86. The molecule has 0 radical (unpaired) electrons. The molecule has 2 rings (SSSR count). The van der Waals surface area contributed by atoms with Gasteiger partial charge in [-0.2, -0.15) is 5.26 Å². The van der Waals surface area contributed by atoms with Gasteiger partial charge in [-0.15, -0.1) is 0 Å². The van der Waals surface area contributed by atoms with Crippen molar-refractivity contribution in [1.29, 1.82) is 5.26 Å². The molecule has 0 atom stereocenters. The highest BCUT2D eigenvalue weighted by Gasteiger charge is 2.28. The quantitative estimate of drug-likeness (QED) is 0.843. The summed E-state index contributed by atoms with van der Waals surface area (Å²) in [5.74, 6) is -0.117. The number of rotatable bonds is 4. The Balaban J connectivity index is 2.10. The van der Waals surface area contributed by atoms with E-state index >= 15 is 0 Å². The zero-order chi connectivity index (χ0) is 14.6. The Morgan fingerprint density at radius 3 is 2.60 bits per heavy atom. The summed E-state index contributed by atoms with van der Waals surface area (Å²) >= 11 is 0. The van der Waals surface area contributed by atoms with E-state index in [1.54, 1.807) is 31.4 Å². The Labute approximate surface area is 119 Å². The summed E-state index contributed by atoms with van der Waals surface area (Å²) in [5.41, 5.74) is 0.978. The van der Waals surface area contributed by atoms with E-state index in [0.717, 1.165) is 12.8 Å². The van der Waals surface area contributed by atoms with Gasteiger partial charge in [0.2, 0.25) is 10.0 Å². The van der Waals surface area contributed by atoms with Crippen LogP contribution in [0.3, 0.4) is 0 Å². The molecule has 6 heteroatoms. The smallest absolute Gasteiger partial charge is 0.218 e. The van der Waals surface area contributed by atoms with Gasteiger partial charge >= 0.3 is 0 Å². The van der Waals surface area contributed by atoms with Crippen molar-refractivity contribution in [2.24, 2.45) is 0 Å². The first-order valence-corrected chi connectivity index (χ1v) is 8.16. The summed E-state index contributed by atoms with van der Waals surface area (Å²) in [6.45, 7) is 0.963. The van der Waals surface area contributed by atoms with Crippen molar-refractivity contribution in [1.82, 2.24) is 4.31 Å². The van der Waals surface area contributed by atoms with Gasteiger partial charge in [0.1, 0.15) is 0 Å². The first kappa shape index (κ1) is 15.0. The van der Waals surface area contributed by atoms with Gasteiger partial charge in [-0.25, -0.2) is 12.7 Å². The van der Waals surface area contributed by atoms with Crippen molar-refractivity contribution in [2.45, 2.75) is 24.7 Å². The predicted octanol–water partition coefficient (Wildman–Crippen LogP) is 1.50. The largest absolute Gasteiger partial charge is 0.381 e. The van der Waals surface area contributed by atoms with Crippen LogP contribution >= 0.6 is 0 Å². The zero-order valence-corrected chi connectivity index (χ0v) is 12.3. The molecule has 1 fully saturated rings. The van der Waals surface area contributed by atoms with Crippen molar-refractivity contribution < 1.29 is 13.2 Å². The third kappa shape index (κ3) is 3.37. The second-order valence-corrected chi connectivity index (χ2v) is 6.83. The molecule has 0 aliphatic carbocycles. The maximum Gasteiger partial charge on any atom is 0.218 e. The molecule has 1 aliphatic heterocycles. The van der Waals surface area contributed by atoms with Crippen LogP contribution in [-0.2, 0) is 20.5 Å². The van der Waals surface area contributed by atoms with Gasteiger partial charge in [0.05, 0.1) is 23.5 Å². The van der Waals surface area contributed by atoms with E-state index in [9.17, 15) is 8.42 Å². The molecule has 0 amide bonds. The van der Waals surface area contributed by atoms with Gasteiger partial charge in [0, 0.05) is 20.2 Å². The van der Waals surface area contributed by atoms with E-state index in [4.69, 9.17) is 10.00 Å². The monoisotopic (exact) mass is 294 g/mol. The fourth-order valence-corrected chi connectivity index (χ4v) is 3.98. The third-order valence-electron chi connectivity index (χ3n) is 3.60. The lowest BCUT2D eigenvalue weighted by Gasteiger charge is -2.30. The second-order valence-electron chi connectivity index (χ2n) is 4.86. The highest BCUT2D eigenvalue weighted by molar-refractivity contribution is 7.88. The number of nitriles is 1. The molecule has 0 unspecified atom stereocenters. The van der Waals surface area contributed by atoms with Crippen molar-refractivity contribution in [3.63, 3.8) is 0 Å². The number of hydrogen-bond acceptors (Lipinski definition) is 4. The molecule has 20 heavy (non-hydrogen) atoms. The number of ether oxygens (including phenoxy) is 1. The zero-order valence-electron chi connectivity index (χ0n) is 11.4. The highest BCUT2D eigenvalue weighted by atomic mass is 32.2. The van der Waals surface area contributed by atoms with Crippen molar-refractivity contribution in [2.75, 3.05) is 20.2 Å². The first-order chi connectivity index (χ1) is 9.56. The van der Waals surface area contributed by atoms with Crippen LogP contribution < -0.4 is 0 Å². The molecular weight excluding hydrogens is 276 g/mol. The number of sulfonamides is 1. The van der Waals surface area contributed by atoms with Crippen LogP contribution in [0.4, 0.5) is 0 Å². The van der Waals surface area contributed by atoms with E-state index in [-0.39, 0.29) is 11.9 Å². The lowest BCUT2D eigenvalue weighted by molar-refractivity contribution is 0.0604. The highest BCUT2D eigenvalue weighted by Crippen LogP contribution is 2.20. The number of nitrogens with zero attached hydrogens (tertiary/aromatic N) is 2. The van der Waals surface area contributed by atoms with Gasteiger partial charge in [-0.3, -0.25) is 0 Å². The fraction of sp³-hybridized carbons (Fsp3) is 0.500. The Kier molecular flexibility index (Phi) is 4.76. The molecule has 1 aliphatic rings. The Bertz CT molecular complexity index is 599. The summed E-state index contributed by atoms with van der Waals surface area (Å²) in [6.07, 6.45) is 1.58. The molecule has 0 saturated carbocycles. The molecule has 0 spiro atoms. The van der Waals surface area contributed by atoms with Crippen molar-refractivity contribution in [3.8, 4) is 6.07 Å². The molecule has 0 aromatic heterocycles. The number of benzene rings is 1. The standard InChI is InChI=1S/C14H18N2O3S/c1-19-14-6-8-16(9-7-14)20(17,18)11-13-5-3-2-4-12(13)10-15/h2-5,14H,6-9,11H2,1H3. The van der Waals surface area contributed by atoms with E-state index in [1.165, 1.54) is 4.31 Å². The average Bonchev–Trinajstić information content (AvgIpc) is 2.47. The van der Waals surface area contributed by atoms with Crippen LogP contribution in [0.5, 0.6) is 0 Å². The topological polar surface area (TPSA) is 70.4 Å². The number of methoxy groups -OCH3 is 1. The van der Waals surface area contributed by atoms with Crippen LogP contribution in [-0.4, -0.2) is 39.0 Å². The van der Waals surface area contributed by atoms with Crippen LogP contribution in [0.25, 0.3) is 0 Å². The van der Waals surface area contributed by atoms with Gasteiger partial charge in [0.25, 0.3) is 0 Å². The molecule has 0 N–H and O–H groups in total. The first-order valence-electron chi connectivity index (χ1n) is 6.55. The molecule has 0 bridgehead atoms. The van der Waals surface area contributed by atoms with Crippen LogP contribution in [0.15, 0.2) is 24.3 Å². The molecular formula is C14H18N2O3S. The number of hydrogen-bond donors (Lipinski definition) is 0. The molecule has 1 saturated heterocycles. The van der Waals surface area contributed by atoms with Gasteiger partial charge < -0.3 is 4.74 Å².